The molecule has 0 saturated heterocycles. The first-order valence-electron chi connectivity index (χ1n) is 3.02. The van der Waals surface area contributed by atoms with Crippen molar-refractivity contribution in [3.8, 4) is 6.07 Å². The summed E-state index contributed by atoms with van der Waals surface area (Å²) in [6.07, 6.45) is 3.84. The Morgan fingerprint density at radius 3 is 2.40 bits per heavy atom. The fraction of sp³-hybridized carbons (Fsp3) is 0.286. The molecule has 0 fully saturated rings. The molecule has 3 nitrogen and oxygen atoms in total. The number of allylic oxidation sites excluding steroid dienone is 3. The third-order valence-electron chi connectivity index (χ3n) is 1.00. The van der Waals surface area contributed by atoms with Crippen molar-refractivity contribution >= 4 is 0 Å². The summed E-state index contributed by atoms with van der Waals surface area (Å²) < 4.78 is 0. The van der Waals surface area contributed by atoms with Gasteiger partial charge in [-0.3, -0.25) is 0 Å². The Labute approximate surface area is 60.6 Å². The highest BCUT2D eigenvalue weighted by Gasteiger charge is 1.85. The molecular formula is C7H11N3. The molecular weight excluding hydrogens is 126 g/mol. The van der Waals surface area contributed by atoms with Gasteiger partial charge in [-0.2, -0.15) is 5.26 Å². The molecule has 0 unspecified atom stereocenters. The molecule has 54 valence electrons. The van der Waals surface area contributed by atoms with Crippen LogP contribution >= 0.6 is 0 Å². The van der Waals surface area contributed by atoms with E-state index in [0.717, 1.165) is 0 Å². The van der Waals surface area contributed by atoms with Gasteiger partial charge in [-0.15, -0.1) is 0 Å². The molecule has 0 saturated carbocycles. The highest BCUT2D eigenvalue weighted by molar-refractivity contribution is 5.25. The predicted octanol–water partition coefficient (Wildman–Crippen LogP) is 0.605. The molecule has 4 N–H and O–H groups in total. The van der Waals surface area contributed by atoms with Crippen LogP contribution in [-0.4, -0.2) is 0 Å². The molecule has 0 aromatic heterocycles. The first-order chi connectivity index (χ1) is 4.70. The number of hydrogen-bond donors (Lipinski definition) is 2. The zero-order valence-electron chi connectivity index (χ0n) is 5.96. The summed E-state index contributed by atoms with van der Waals surface area (Å²) >= 11 is 0. The summed E-state index contributed by atoms with van der Waals surface area (Å²) in [6, 6.07) is 2.01. The zero-order valence-corrected chi connectivity index (χ0v) is 5.96. The van der Waals surface area contributed by atoms with Gasteiger partial charge in [0.1, 0.15) is 0 Å². The van der Waals surface area contributed by atoms with Crippen LogP contribution < -0.4 is 11.5 Å². The van der Waals surface area contributed by atoms with Crippen molar-refractivity contribution < 1.29 is 0 Å². The van der Waals surface area contributed by atoms with Crippen molar-refractivity contribution in [1.29, 1.82) is 5.26 Å². The van der Waals surface area contributed by atoms with Gasteiger partial charge in [0.15, 0.2) is 0 Å². The van der Waals surface area contributed by atoms with Crippen LogP contribution in [0.1, 0.15) is 13.3 Å². The predicted molar refractivity (Wildman–Crippen MR) is 40.4 cm³/mol. The van der Waals surface area contributed by atoms with E-state index in [2.05, 4.69) is 0 Å². The van der Waals surface area contributed by atoms with Crippen LogP contribution in [0, 0.1) is 11.3 Å². The van der Waals surface area contributed by atoms with E-state index in [9.17, 15) is 0 Å². The van der Waals surface area contributed by atoms with Gasteiger partial charge in [0.25, 0.3) is 0 Å². The average Bonchev–Trinajstić information content (AvgIpc) is 1.90. The van der Waals surface area contributed by atoms with E-state index in [1.165, 1.54) is 6.08 Å². The molecule has 3 heteroatoms. The van der Waals surface area contributed by atoms with Crippen LogP contribution in [-0.2, 0) is 0 Å². The van der Waals surface area contributed by atoms with Crippen molar-refractivity contribution in [2.45, 2.75) is 13.3 Å². The maximum absolute atomic E-state index is 8.41. The normalized spacial score (nSPS) is 10.2. The van der Waals surface area contributed by atoms with Gasteiger partial charge in [-0.25, -0.2) is 0 Å². The Hall–Kier alpha value is -1.43. The maximum atomic E-state index is 8.41. The first-order valence-corrected chi connectivity index (χ1v) is 3.02. The van der Waals surface area contributed by atoms with Crippen LogP contribution in [0.2, 0.25) is 0 Å². The summed E-state index contributed by atoms with van der Waals surface area (Å²) in [5, 5.41) is 8.41. The van der Waals surface area contributed by atoms with Crippen LogP contribution in [0.5, 0.6) is 0 Å². The SMILES string of the molecule is CC/C(C#N)=C\C=C(N)N. The lowest BCUT2D eigenvalue weighted by atomic mass is 10.2. The van der Waals surface area contributed by atoms with Crippen LogP contribution in [0.25, 0.3) is 0 Å². The van der Waals surface area contributed by atoms with Crippen molar-refractivity contribution in [2.24, 2.45) is 11.5 Å². The second kappa shape index (κ2) is 4.45. The lowest BCUT2D eigenvalue weighted by molar-refractivity contribution is 1.15. The van der Waals surface area contributed by atoms with Gasteiger partial charge in [0.05, 0.1) is 11.9 Å². The lowest BCUT2D eigenvalue weighted by Crippen LogP contribution is -2.06. The fourth-order valence-corrected chi connectivity index (χ4v) is 0.431. The first kappa shape index (κ1) is 8.57. The molecule has 0 radical (unpaired) electrons. The minimum atomic E-state index is 0.223. The van der Waals surface area contributed by atoms with Gasteiger partial charge >= 0.3 is 0 Å². The summed E-state index contributed by atoms with van der Waals surface area (Å²) in [4.78, 5) is 0. The van der Waals surface area contributed by atoms with E-state index < -0.39 is 0 Å². The van der Waals surface area contributed by atoms with E-state index in [1.807, 2.05) is 13.0 Å². The minimum Gasteiger partial charge on any atom is -0.386 e. The maximum Gasteiger partial charge on any atom is 0.0946 e. The van der Waals surface area contributed by atoms with Gasteiger partial charge in [-0.1, -0.05) is 6.92 Å². The van der Waals surface area contributed by atoms with E-state index in [4.69, 9.17) is 16.7 Å². The Morgan fingerprint density at radius 2 is 2.10 bits per heavy atom. The van der Waals surface area contributed by atoms with Crippen molar-refractivity contribution in [3.63, 3.8) is 0 Å². The molecule has 0 aromatic carbocycles. The fourth-order valence-electron chi connectivity index (χ4n) is 0.431. The van der Waals surface area contributed by atoms with Gasteiger partial charge in [0.2, 0.25) is 0 Å². The Balaban J connectivity index is 4.17. The molecule has 0 atom stereocenters. The van der Waals surface area contributed by atoms with Crippen LogP contribution in [0.3, 0.4) is 0 Å². The van der Waals surface area contributed by atoms with E-state index in [1.54, 1.807) is 6.08 Å². The Kier molecular flexibility index (Phi) is 3.81. The van der Waals surface area contributed by atoms with E-state index in [0.29, 0.717) is 12.0 Å². The molecule has 0 aromatic rings. The third kappa shape index (κ3) is 3.56. The monoisotopic (exact) mass is 137 g/mol. The molecule has 0 bridgehead atoms. The second-order valence-electron chi connectivity index (χ2n) is 1.82. The zero-order chi connectivity index (χ0) is 7.98. The Morgan fingerprint density at radius 1 is 1.50 bits per heavy atom. The summed E-state index contributed by atoms with van der Waals surface area (Å²) in [5.41, 5.74) is 10.9. The number of rotatable bonds is 2. The number of nitrogens with zero attached hydrogens (tertiary/aromatic N) is 1. The minimum absolute atomic E-state index is 0.223. The summed E-state index contributed by atoms with van der Waals surface area (Å²) in [7, 11) is 0. The number of nitrogens with two attached hydrogens (primary N) is 2. The molecule has 0 rings (SSSR count). The summed E-state index contributed by atoms with van der Waals surface area (Å²) in [6.45, 7) is 1.90. The van der Waals surface area contributed by atoms with E-state index in [-0.39, 0.29) is 5.82 Å². The van der Waals surface area contributed by atoms with Crippen LogP contribution in [0.15, 0.2) is 23.5 Å². The summed E-state index contributed by atoms with van der Waals surface area (Å²) in [5.74, 6) is 0.223. The molecule has 0 heterocycles. The standard InChI is InChI=1S/C7H11N3/c1-2-6(5-8)3-4-7(9)10/h3-4H,2,9-10H2,1H3/b6-3+. The van der Waals surface area contributed by atoms with Crippen molar-refractivity contribution in [3.05, 3.63) is 23.5 Å². The highest BCUT2D eigenvalue weighted by Crippen LogP contribution is 1.97. The molecule has 0 aliphatic carbocycles. The second-order valence-corrected chi connectivity index (χ2v) is 1.82. The van der Waals surface area contributed by atoms with Gasteiger partial charge in [0, 0.05) is 5.57 Å². The molecule has 0 aliphatic rings. The number of hydrogen-bond acceptors (Lipinski definition) is 3. The Bertz CT molecular complexity index is 191. The number of nitriles is 1. The van der Waals surface area contributed by atoms with Crippen molar-refractivity contribution in [1.82, 2.24) is 0 Å². The highest BCUT2D eigenvalue weighted by atomic mass is 14.8. The third-order valence-corrected chi connectivity index (χ3v) is 1.00. The van der Waals surface area contributed by atoms with E-state index >= 15 is 0 Å². The molecule has 10 heavy (non-hydrogen) atoms. The van der Waals surface area contributed by atoms with Gasteiger partial charge in [-0.05, 0) is 18.6 Å². The average molecular weight is 137 g/mol. The topological polar surface area (TPSA) is 75.8 Å². The quantitative estimate of drug-likeness (QED) is 0.432. The largest absolute Gasteiger partial charge is 0.386 e. The van der Waals surface area contributed by atoms with Crippen LogP contribution in [0.4, 0.5) is 0 Å². The smallest absolute Gasteiger partial charge is 0.0946 e. The molecule has 0 spiro atoms. The lowest BCUT2D eigenvalue weighted by Gasteiger charge is -1.87. The van der Waals surface area contributed by atoms with Gasteiger partial charge < -0.3 is 11.5 Å². The molecule has 0 amide bonds. The van der Waals surface area contributed by atoms with Crippen molar-refractivity contribution in [2.75, 3.05) is 0 Å². The molecule has 0 aliphatic heterocycles.